The molecule has 0 aromatic heterocycles. The van der Waals surface area contributed by atoms with E-state index < -0.39 is 0 Å². The third kappa shape index (κ3) is 20.7. The summed E-state index contributed by atoms with van der Waals surface area (Å²) in [5, 5.41) is 10.4. The van der Waals surface area contributed by atoms with E-state index in [0.717, 1.165) is 72.0 Å². The zero-order valence-corrected chi connectivity index (χ0v) is 20.4. The first-order valence-corrected chi connectivity index (χ1v) is 11.4. The minimum Gasteiger partial charge on any atom is -0.375 e. The number of nitrogens with zero attached hydrogens (tertiary/aromatic N) is 3. The van der Waals surface area contributed by atoms with Crippen LogP contribution >= 0.6 is 0 Å². The second-order valence-electron chi connectivity index (χ2n) is 8.06. The average Bonchev–Trinajstić information content (AvgIpc) is 2.71. The SMILES string of the molecule is C=CCOCC(CNCCNCCN(C)C)OCCNCCN(CC)CCN(C)C. The normalized spacial score (nSPS) is 12.9. The number of rotatable bonds is 23. The van der Waals surface area contributed by atoms with Crippen LogP contribution < -0.4 is 16.0 Å². The fraction of sp³-hybridized carbons (Fsp3) is 0.909. The van der Waals surface area contributed by atoms with Crippen LogP contribution in [-0.2, 0) is 9.47 Å². The largest absolute Gasteiger partial charge is 0.375 e. The van der Waals surface area contributed by atoms with Gasteiger partial charge < -0.3 is 40.1 Å². The molecule has 8 nitrogen and oxygen atoms in total. The Hall–Kier alpha value is -0.580. The first-order valence-electron chi connectivity index (χ1n) is 11.4. The molecular weight excluding hydrogens is 380 g/mol. The monoisotopic (exact) mass is 430 g/mol. The highest BCUT2D eigenvalue weighted by Gasteiger charge is 2.09. The molecule has 30 heavy (non-hydrogen) atoms. The Morgan fingerprint density at radius 3 is 2.17 bits per heavy atom. The summed E-state index contributed by atoms with van der Waals surface area (Å²) >= 11 is 0. The van der Waals surface area contributed by atoms with Gasteiger partial charge in [-0.3, -0.25) is 0 Å². The van der Waals surface area contributed by atoms with Crippen molar-refractivity contribution >= 4 is 0 Å². The van der Waals surface area contributed by atoms with Gasteiger partial charge in [0, 0.05) is 65.4 Å². The van der Waals surface area contributed by atoms with Gasteiger partial charge >= 0.3 is 0 Å². The zero-order valence-electron chi connectivity index (χ0n) is 20.4. The van der Waals surface area contributed by atoms with Crippen molar-refractivity contribution in [2.24, 2.45) is 0 Å². The number of nitrogens with one attached hydrogen (secondary N) is 3. The fourth-order valence-corrected chi connectivity index (χ4v) is 2.75. The third-order valence-corrected chi connectivity index (χ3v) is 4.67. The lowest BCUT2D eigenvalue weighted by molar-refractivity contribution is -0.00747. The van der Waals surface area contributed by atoms with E-state index in [4.69, 9.17) is 9.47 Å². The molecule has 0 amide bonds. The summed E-state index contributed by atoms with van der Waals surface area (Å²) < 4.78 is 11.6. The smallest absolute Gasteiger partial charge is 0.0933 e. The molecule has 0 heterocycles. The topological polar surface area (TPSA) is 64.3 Å². The third-order valence-electron chi connectivity index (χ3n) is 4.67. The van der Waals surface area contributed by atoms with E-state index in [-0.39, 0.29) is 6.10 Å². The predicted octanol–water partition coefficient (Wildman–Crippen LogP) is -0.212. The first-order chi connectivity index (χ1) is 14.5. The van der Waals surface area contributed by atoms with Gasteiger partial charge in [0.1, 0.15) is 0 Å². The van der Waals surface area contributed by atoms with Crippen LogP contribution in [0.5, 0.6) is 0 Å². The summed E-state index contributed by atoms with van der Waals surface area (Å²) in [7, 11) is 8.42. The van der Waals surface area contributed by atoms with Gasteiger partial charge in [0.25, 0.3) is 0 Å². The standard InChI is InChI=1S/C22H50N6O2/c1-7-18-29-21-22(20-25-10-9-23-11-14-26(3)4)30-19-13-24-12-15-28(8-2)17-16-27(5)6/h7,22-25H,1,8-21H2,2-6H3. The second-order valence-corrected chi connectivity index (χ2v) is 8.06. The molecule has 180 valence electrons. The maximum atomic E-state index is 6.03. The van der Waals surface area contributed by atoms with Crippen molar-refractivity contribution in [2.75, 3.05) is 120 Å². The molecular formula is C22H50N6O2. The Bertz CT molecular complexity index is 372. The maximum Gasteiger partial charge on any atom is 0.0933 e. The van der Waals surface area contributed by atoms with Crippen molar-refractivity contribution in [1.82, 2.24) is 30.7 Å². The summed E-state index contributed by atoms with van der Waals surface area (Å²) in [6.45, 7) is 18.7. The number of ether oxygens (including phenoxy) is 2. The summed E-state index contributed by atoms with van der Waals surface area (Å²) in [6.07, 6.45) is 1.83. The van der Waals surface area contributed by atoms with Gasteiger partial charge in [-0.25, -0.2) is 0 Å². The lowest BCUT2D eigenvalue weighted by Gasteiger charge is -2.23. The second kappa shape index (κ2) is 21.6. The van der Waals surface area contributed by atoms with Crippen LogP contribution in [0.2, 0.25) is 0 Å². The molecule has 0 saturated heterocycles. The lowest BCUT2D eigenvalue weighted by Crippen LogP contribution is -2.39. The van der Waals surface area contributed by atoms with Crippen molar-refractivity contribution in [3.63, 3.8) is 0 Å². The predicted molar refractivity (Wildman–Crippen MR) is 129 cm³/mol. The molecule has 8 heteroatoms. The van der Waals surface area contributed by atoms with Crippen LogP contribution in [0.25, 0.3) is 0 Å². The van der Waals surface area contributed by atoms with Crippen molar-refractivity contribution in [3.8, 4) is 0 Å². The Morgan fingerprint density at radius 1 is 0.833 bits per heavy atom. The van der Waals surface area contributed by atoms with E-state index in [2.05, 4.69) is 72.3 Å². The molecule has 1 atom stereocenters. The van der Waals surface area contributed by atoms with Gasteiger partial charge in [-0.05, 0) is 34.7 Å². The Labute approximate surface area is 186 Å². The van der Waals surface area contributed by atoms with E-state index in [9.17, 15) is 0 Å². The Morgan fingerprint density at radius 2 is 1.50 bits per heavy atom. The summed E-state index contributed by atoms with van der Waals surface area (Å²) in [5.41, 5.74) is 0. The van der Waals surface area contributed by atoms with Crippen LogP contribution in [0, 0.1) is 0 Å². The van der Waals surface area contributed by atoms with Crippen molar-refractivity contribution in [2.45, 2.75) is 13.0 Å². The van der Waals surface area contributed by atoms with Crippen molar-refractivity contribution in [3.05, 3.63) is 12.7 Å². The summed E-state index contributed by atoms with van der Waals surface area (Å²) in [5.74, 6) is 0. The molecule has 0 spiro atoms. The zero-order chi connectivity index (χ0) is 22.5. The van der Waals surface area contributed by atoms with E-state index in [1.165, 1.54) is 0 Å². The Kier molecular flexibility index (Phi) is 21.2. The van der Waals surface area contributed by atoms with Crippen LogP contribution in [0.3, 0.4) is 0 Å². The minimum absolute atomic E-state index is 0.0563. The average molecular weight is 431 g/mol. The van der Waals surface area contributed by atoms with Crippen molar-refractivity contribution in [1.29, 1.82) is 0 Å². The summed E-state index contributed by atoms with van der Waals surface area (Å²) in [6, 6.07) is 0. The van der Waals surface area contributed by atoms with Crippen LogP contribution in [-0.4, -0.2) is 141 Å². The maximum absolute atomic E-state index is 6.03. The lowest BCUT2D eigenvalue weighted by atomic mass is 10.3. The van der Waals surface area contributed by atoms with E-state index >= 15 is 0 Å². The molecule has 0 aromatic carbocycles. The van der Waals surface area contributed by atoms with E-state index in [1.54, 1.807) is 6.08 Å². The molecule has 0 bridgehead atoms. The van der Waals surface area contributed by atoms with Gasteiger partial charge in [0.05, 0.1) is 25.9 Å². The fourth-order valence-electron chi connectivity index (χ4n) is 2.75. The molecule has 0 aliphatic carbocycles. The first kappa shape index (κ1) is 29.4. The molecule has 1 unspecified atom stereocenters. The number of likely N-dealkylation sites (N-methyl/N-ethyl adjacent to an activating group) is 3. The van der Waals surface area contributed by atoms with Crippen molar-refractivity contribution < 1.29 is 9.47 Å². The molecule has 0 radical (unpaired) electrons. The number of hydrogen-bond donors (Lipinski definition) is 3. The molecule has 0 aromatic rings. The van der Waals surface area contributed by atoms with E-state index in [1.807, 2.05) is 0 Å². The van der Waals surface area contributed by atoms with Crippen LogP contribution in [0.15, 0.2) is 12.7 Å². The Balaban J connectivity index is 3.86. The highest BCUT2D eigenvalue weighted by Crippen LogP contribution is 1.93. The number of hydrogen-bond acceptors (Lipinski definition) is 8. The van der Waals surface area contributed by atoms with Gasteiger partial charge in [0.2, 0.25) is 0 Å². The van der Waals surface area contributed by atoms with Gasteiger partial charge in [-0.15, -0.1) is 6.58 Å². The highest BCUT2D eigenvalue weighted by molar-refractivity contribution is 4.68. The van der Waals surface area contributed by atoms with Gasteiger partial charge in [-0.1, -0.05) is 13.0 Å². The minimum atomic E-state index is 0.0563. The molecule has 0 aliphatic rings. The molecule has 0 fully saturated rings. The summed E-state index contributed by atoms with van der Waals surface area (Å²) in [4.78, 5) is 6.88. The molecule has 3 N–H and O–H groups in total. The molecule has 0 saturated carbocycles. The van der Waals surface area contributed by atoms with Crippen LogP contribution in [0.4, 0.5) is 0 Å². The quantitative estimate of drug-likeness (QED) is 0.152. The van der Waals surface area contributed by atoms with Gasteiger partial charge in [0.15, 0.2) is 0 Å². The molecule has 0 rings (SSSR count). The molecule has 0 aliphatic heterocycles. The van der Waals surface area contributed by atoms with Gasteiger partial charge in [-0.2, -0.15) is 0 Å². The highest BCUT2D eigenvalue weighted by atomic mass is 16.5. The van der Waals surface area contributed by atoms with Crippen LogP contribution in [0.1, 0.15) is 6.92 Å². The van der Waals surface area contributed by atoms with E-state index in [0.29, 0.717) is 19.8 Å².